The summed E-state index contributed by atoms with van der Waals surface area (Å²) < 4.78 is 0. The molecule has 1 atom stereocenters. The number of para-hydroxylation sites is 1. The summed E-state index contributed by atoms with van der Waals surface area (Å²) in [6.07, 6.45) is 3.74. The molecule has 1 saturated heterocycles. The highest BCUT2D eigenvalue weighted by Crippen LogP contribution is 2.36. The van der Waals surface area contributed by atoms with Crippen molar-refractivity contribution in [3.05, 3.63) is 23.8 Å². The minimum Gasteiger partial charge on any atom is -0.397 e. The van der Waals surface area contributed by atoms with E-state index in [-0.39, 0.29) is 5.91 Å². The first-order valence-electron chi connectivity index (χ1n) is 6.66. The molecule has 0 saturated carbocycles. The van der Waals surface area contributed by atoms with E-state index in [9.17, 15) is 4.79 Å². The molecule has 1 aromatic carbocycles. The van der Waals surface area contributed by atoms with Gasteiger partial charge in [0.1, 0.15) is 0 Å². The number of anilines is 2. The lowest BCUT2D eigenvalue weighted by Gasteiger charge is -2.29. The van der Waals surface area contributed by atoms with Crippen LogP contribution in [0, 0.1) is 0 Å². The molecule has 3 rings (SSSR count). The van der Waals surface area contributed by atoms with Crippen molar-refractivity contribution < 1.29 is 4.79 Å². The van der Waals surface area contributed by atoms with Crippen molar-refractivity contribution in [2.75, 3.05) is 23.7 Å². The van der Waals surface area contributed by atoms with Crippen molar-refractivity contribution in [1.82, 2.24) is 5.32 Å². The average Bonchev–Trinajstić information content (AvgIpc) is 2.67. The van der Waals surface area contributed by atoms with Crippen molar-refractivity contribution in [1.29, 1.82) is 0 Å². The highest BCUT2D eigenvalue weighted by Gasteiger charge is 2.29. The number of hydrogen-bond acceptors (Lipinski definition) is 3. The van der Waals surface area contributed by atoms with Crippen LogP contribution in [0.15, 0.2) is 18.2 Å². The molecular formula is C14H19N3O. The molecule has 1 fully saturated rings. The van der Waals surface area contributed by atoms with Crippen LogP contribution in [0.2, 0.25) is 0 Å². The van der Waals surface area contributed by atoms with Crippen LogP contribution in [0.5, 0.6) is 0 Å². The zero-order chi connectivity index (χ0) is 12.5. The Labute approximate surface area is 107 Å². The van der Waals surface area contributed by atoms with Gasteiger partial charge >= 0.3 is 0 Å². The van der Waals surface area contributed by atoms with E-state index in [1.54, 1.807) is 0 Å². The molecule has 0 radical (unpaired) electrons. The Morgan fingerprint density at radius 3 is 3.17 bits per heavy atom. The van der Waals surface area contributed by atoms with E-state index >= 15 is 0 Å². The van der Waals surface area contributed by atoms with Crippen molar-refractivity contribution >= 4 is 17.3 Å². The second-order valence-corrected chi connectivity index (χ2v) is 5.15. The van der Waals surface area contributed by atoms with Gasteiger partial charge in [-0.15, -0.1) is 0 Å². The number of hydrogen-bond donors (Lipinski definition) is 2. The van der Waals surface area contributed by atoms with Gasteiger partial charge < -0.3 is 16.0 Å². The van der Waals surface area contributed by atoms with Crippen molar-refractivity contribution in [3.8, 4) is 0 Å². The second-order valence-electron chi connectivity index (χ2n) is 5.15. The van der Waals surface area contributed by atoms with Gasteiger partial charge in [0.05, 0.1) is 11.4 Å². The summed E-state index contributed by atoms with van der Waals surface area (Å²) in [5.41, 5.74) is 9.43. The zero-order valence-corrected chi connectivity index (χ0v) is 10.5. The lowest BCUT2D eigenvalue weighted by atomic mass is 10.1. The van der Waals surface area contributed by atoms with Crippen LogP contribution >= 0.6 is 0 Å². The van der Waals surface area contributed by atoms with Crippen LogP contribution in [-0.4, -0.2) is 25.0 Å². The number of amides is 1. The summed E-state index contributed by atoms with van der Waals surface area (Å²) in [5, 5.41) is 2.94. The van der Waals surface area contributed by atoms with E-state index in [0.29, 0.717) is 12.5 Å². The molecule has 2 aliphatic rings. The van der Waals surface area contributed by atoms with Crippen LogP contribution in [-0.2, 0) is 11.2 Å². The third kappa shape index (κ3) is 1.92. The molecule has 96 valence electrons. The molecule has 4 nitrogen and oxygen atoms in total. The number of benzene rings is 1. The van der Waals surface area contributed by atoms with Gasteiger partial charge in [-0.05, 0) is 30.9 Å². The summed E-state index contributed by atoms with van der Waals surface area (Å²) >= 11 is 0. The van der Waals surface area contributed by atoms with E-state index in [2.05, 4.69) is 16.3 Å². The van der Waals surface area contributed by atoms with Crippen molar-refractivity contribution in [3.63, 3.8) is 0 Å². The second kappa shape index (κ2) is 4.52. The minimum absolute atomic E-state index is 0.167. The number of carbonyl (C=O) groups excluding carboxylic acids is 1. The lowest BCUT2D eigenvalue weighted by Crippen LogP contribution is -2.36. The summed E-state index contributed by atoms with van der Waals surface area (Å²) in [4.78, 5) is 14.0. The molecule has 1 aromatic rings. The summed E-state index contributed by atoms with van der Waals surface area (Å²) in [7, 11) is 0. The van der Waals surface area contributed by atoms with Crippen LogP contribution in [0.4, 0.5) is 11.4 Å². The largest absolute Gasteiger partial charge is 0.397 e. The fraction of sp³-hybridized carbons (Fsp3) is 0.500. The standard InChI is InChI=1S/C14H19N3O/c15-12-5-1-3-10-6-8-17(14(10)12)11-4-2-7-16-13(18)9-11/h1,3,5,11H,2,4,6-9,15H2,(H,16,18). The zero-order valence-electron chi connectivity index (χ0n) is 10.5. The Kier molecular flexibility index (Phi) is 2.86. The predicted molar refractivity (Wildman–Crippen MR) is 72.6 cm³/mol. The third-order valence-electron chi connectivity index (χ3n) is 3.96. The first kappa shape index (κ1) is 11.4. The quantitative estimate of drug-likeness (QED) is 0.733. The number of nitrogen functional groups attached to an aromatic ring is 1. The third-order valence-corrected chi connectivity index (χ3v) is 3.96. The molecule has 0 aliphatic carbocycles. The summed E-state index contributed by atoms with van der Waals surface area (Å²) in [6, 6.07) is 6.41. The topological polar surface area (TPSA) is 58.4 Å². The molecule has 2 aliphatic heterocycles. The van der Waals surface area contributed by atoms with Crippen LogP contribution in [0.3, 0.4) is 0 Å². The number of nitrogens with two attached hydrogens (primary N) is 1. The van der Waals surface area contributed by atoms with Crippen molar-refractivity contribution in [2.24, 2.45) is 0 Å². The van der Waals surface area contributed by atoms with E-state index < -0.39 is 0 Å². The van der Waals surface area contributed by atoms with Gasteiger partial charge in [0.15, 0.2) is 0 Å². The fourth-order valence-corrected chi connectivity index (χ4v) is 3.10. The van der Waals surface area contributed by atoms with Gasteiger partial charge in [-0.1, -0.05) is 12.1 Å². The molecule has 1 unspecified atom stereocenters. The Hall–Kier alpha value is -1.71. The van der Waals surface area contributed by atoms with Crippen molar-refractivity contribution in [2.45, 2.75) is 31.7 Å². The van der Waals surface area contributed by atoms with Crippen LogP contribution in [0.25, 0.3) is 0 Å². The Balaban J connectivity index is 1.89. The van der Waals surface area contributed by atoms with Gasteiger partial charge in [-0.25, -0.2) is 0 Å². The van der Waals surface area contributed by atoms with E-state index in [4.69, 9.17) is 5.73 Å². The maximum absolute atomic E-state index is 11.7. The maximum Gasteiger partial charge on any atom is 0.222 e. The van der Waals surface area contributed by atoms with Gasteiger partial charge in [0, 0.05) is 25.6 Å². The smallest absolute Gasteiger partial charge is 0.222 e. The Morgan fingerprint density at radius 2 is 2.28 bits per heavy atom. The van der Waals surface area contributed by atoms with Crippen LogP contribution in [0.1, 0.15) is 24.8 Å². The first-order chi connectivity index (χ1) is 8.75. The molecule has 0 bridgehead atoms. The fourth-order valence-electron chi connectivity index (χ4n) is 3.10. The van der Waals surface area contributed by atoms with Gasteiger partial charge in [-0.2, -0.15) is 0 Å². The van der Waals surface area contributed by atoms with Gasteiger partial charge in [0.2, 0.25) is 5.91 Å². The summed E-state index contributed by atoms with van der Waals surface area (Å²) in [6.45, 7) is 1.79. The first-order valence-corrected chi connectivity index (χ1v) is 6.66. The molecule has 1 amide bonds. The van der Waals surface area contributed by atoms with E-state index in [0.717, 1.165) is 43.7 Å². The molecule has 0 spiro atoms. The molecule has 4 heteroatoms. The molecule has 2 heterocycles. The molecule has 3 N–H and O–H groups in total. The molecular weight excluding hydrogens is 226 g/mol. The summed E-state index contributed by atoms with van der Waals surface area (Å²) in [5.74, 6) is 0.167. The van der Waals surface area contributed by atoms with E-state index in [1.165, 1.54) is 5.56 Å². The van der Waals surface area contributed by atoms with Gasteiger partial charge in [0.25, 0.3) is 0 Å². The number of carbonyl (C=O) groups is 1. The molecule has 0 aromatic heterocycles. The molecule has 18 heavy (non-hydrogen) atoms. The SMILES string of the molecule is Nc1cccc2c1N(C1CCCNC(=O)C1)CC2. The monoisotopic (exact) mass is 245 g/mol. The van der Waals surface area contributed by atoms with E-state index in [1.807, 2.05) is 12.1 Å². The average molecular weight is 245 g/mol. The minimum atomic E-state index is 0.167. The maximum atomic E-state index is 11.7. The Bertz CT molecular complexity index is 472. The number of nitrogens with zero attached hydrogens (tertiary/aromatic N) is 1. The normalized spacial score (nSPS) is 23.4. The predicted octanol–water partition coefficient (Wildman–Crippen LogP) is 1.30. The highest BCUT2D eigenvalue weighted by atomic mass is 16.1. The number of rotatable bonds is 1. The highest BCUT2D eigenvalue weighted by molar-refractivity contribution is 5.79. The lowest BCUT2D eigenvalue weighted by molar-refractivity contribution is -0.121. The Morgan fingerprint density at radius 1 is 1.39 bits per heavy atom. The number of fused-ring (bicyclic) bond motifs is 1. The van der Waals surface area contributed by atoms with Gasteiger partial charge in [-0.3, -0.25) is 4.79 Å². The number of nitrogens with one attached hydrogen (secondary N) is 1. The van der Waals surface area contributed by atoms with Crippen LogP contribution < -0.4 is 16.0 Å².